The summed E-state index contributed by atoms with van der Waals surface area (Å²) in [5, 5.41) is 15.9. The van der Waals surface area contributed by atoms with Crippen LogP contribution in [0.15, 0.2) is 84.9 Å². The first kappa shape index (κ1) is 14.6. The van der Waals surface area contributed by atoms with Gasteiger partial charge in [0, 0.05) is 6.29 Å². The number of aromatic hydroxyl groups is 1. The van der Waals surface area contributed by atoms with Crippen LogP contribution in [-0.4, -0.2) is 11.4 Å². The van der Waals surface area contributed by atoms with Crippen LogP contribution in [0, 0.1) is 0 Å². The lowest BCUT2D eigenvalue weighted by molar-refractivity contribution is 0.477. The minimum absolute atomic E-state index is 0.290. The molecule has 0 atom stereocenters. The monoisotopic (exact) mass is 307 g/mol. The Morgan fingerprint density at radius 2 is 1.18 bits per heavy atom. The molecule has 3 aromatic carbocycles. The minimum atomic E-state index is -0.509. The van der Waals surface area contributed by atoms with E-state index in [4.69, 9.17) is 0 Å². The van der Waals surface area contributed by atoms with Gasteiger partial charge in [0.1, 0.15) is 5.75 Å². The zero-order chi connectivity index (χ0) is 15.2. The van der Waals surface area contributed by atoms with Gasteiger partial charge in [-0.1, -0.05) is 72.8 Å². The molecule has 0 heterocycles. The number of anilines is 1. The lowest BCUT2D eigenvalue weighted by Crippen LogP contribution is -2.17. The Morgan fingerprint density at radius 1 is 0.682 bits per heavy atom. The van der Waals surface area contributed by atoms with E-state index in [1.165, 1.54) is 10.6 Å². The Hall–Kier alpha value is -2.31. The van der Waals surface area contributed by atoms with Crippen LogP contribution >= 0.6 is 7.92 Å². The summed E-state index contributed by atoms with van der Waals surface area (Å²) in [6, 6.07) is 28.4. The van der Waals surface area contributed by atoms with Gasteiger partial charge in [-0.25, -0.2) is 0 Å². The average Bonchev–Trinajstić information content (AvgIpc) is 2.59. The Bertz CT molecular complexity index is 676. The number of para-hydroxylation sites is 2. The molecular formula is C19H18NOP. The van der Waals surface area contributed by atoms with Crippen molar-refractivity contribution in [3.05, 3.63) is 84.9 Å². The number of benzene rings is 3. The molecule has 0 aliphatic rings. The molecule has 0 aliphatic carbocycles. The van der Waals surface area contributed by atoms with Gasteiger partial charge in [-0.2, -0.15) is 0 Å². The van der Waals surface area contributed by atoms with Crippen molar-refractivity contribution < 1.29 is 5.11 Å². The third-order valence-electron chi connectivity index (χ3n) is 3.47. The number of hydrogen-bond donors (Lipinski definition) is 2. The summed E-state index contributed by atoms with van der Waals surface area (Å²) in [6.07, 6.45) is 0.793. The van der Waals surface area contributed by atoms with Gasteiger partial charge in [0.25, 0.3) is 0 Å². The smallest absolute Gasteiger partial charge is 0.138 e. The molecule has 0 saturated carbocycles. The summed E-state index contributed by atoms with van der Waals surface area (Å²) in [5.74, 6) is 0.290. The molecule has 0 spiro atoms. The van der Waals surface area contributed by atoms with Crippen molar-refractivity contribution in [3.8, 4) is 5.75 Å². The highest BCUT2D eigenvalue weighted by Gasteiger charge is 2.13. The second kappa shape index (κ2) is 7.11. The van der Waals surface area contributed by atoms with E-state index in [0.29, 0.717) is 5.75 Å². The van der Waals surface area contributed by atoms with Gasteiger partial charge < -0.3 is 10.4 Å². The van der Waals surface area contributed by atoms with Crippen molar-refractivity contribution >= 4 is 24.2 Å². The van der Waals surface area contributed by atoms with Crippen LogP contribution < -0.4 is 15.9 Å². The van der Waals surface area contributed by atoms with Gasteiger partial charge in [0.15, 0.2) is 0 Å². The molecule has 2 N–H and O–H groups in total. The molecule has 2 nitrogen and oxygen atoms in total. The number of hydrogen-bond acceptors (Lipinski definition) is 2. The predicted octanol–water partition coefficient (Wildman–Crippen LogP) is 3.89. The molecule has 3 rings (SSSR count). The first-order valence-corrected chi connectivity index (χ1v) is 8.77. The topological polar surface area (TPSA) is 32.3 Å². The first-order chi connectivity index (χ1) is 10.8. The van der Waals surface area contributed by atoms with Crippen molar-refractivity contribution in [2.24, 2.45) is 0 Å². The van der Waals surface area contributed by atoms with Crippen LogP contribution in [0.1, 0.15) is 0 Å². The molecule has 0 aromatic heterocycles. The van der Waals surface area contributed by atoms with Crippen LogP contribution in [0.2, 0.25) is 0 Å². The van der Waals surface area contributed by atoms with E-state index in [2.05, 4.69) is 53.8 Å². The SMILES string of the molecule is Oc1ccccc1NCP(c1ccccc1)c1ccccc1. The number of phenols is 1. The van der Waals surface area contributed by atoms with E-state index in [1.54, 1.807) is 6.07 Å². The molecule has 0 bridgehead atoms. The summed E-state index contributed by atoms with van der Waals surface area (Å²) >= 11 is 0. The number of nitrogens with one attached hydrogen (secondary N) is 1. The predicted molar refractivity (Wildman–Crippen MR) is 95.7 cm³/mol. The fraction of sp³-hybridized carbons (Fsp3) is 0.0526. The Labute approximate surface area is 132 Å². The van der Waals surface area contributed by atoms with Gasteiger partial charge in [-0.3, -0.25) is 0 Å². The van der Waals surface area contributed by atoms with Gasteiger partial charge in [0.2, 0.25) is 0 Å². The minimum Gasteiger partial charge on any atom is -0.506 e. The van der Waals surface area contributed by atoms with Crippen molar-refractivity contribution in [1.82, 2.24) is 0 Å². The Morgan fingerprint density at radius 3 is 1.73 bits per heavy atom. The molecule has 0 aliphatic heterocycles. The zero-order valence-electron chi connectivity index (χ0n) is 12.2. The maximum absolute atomic E-state index is 9.91. The van der Waals surface area contributed by atoms with Crippen molar-refractivity contribution in [2.45, 2.75) is 0 Å². The van der Waals surface area contributed by atoms with Crippen LogP contribution in [0.25, 0.3) is 0 Å². The highest BCUT2D eigenvalue weighted by atomic mass is 31.1. The maximum Gasteiger partial charge on any atom is 0.138 e. The summed E-state index contributed by atoms with van der Waals surface area (Å²) in [5.41, 5.74) is 0.780. The quantitative estimate of drug-likeness (QED) is 0.553. The van der Waals surface area contributed by atoms with E-state index < -0.39 is 7.92 Å². The highest BCUT2D eigenvalue weighted by molar-refractivity contribution is 7.73. The Kier molecular flexibility index (Phi) is 4.72. The largest absolute Gasteiger partial charge is 0.506 e. The fourth-order valence-corrected chi connectivity index (χ4v) is 4.39. The molecule has 0 amide bonds. The number of rotatable bonds is 5. The maximum atomic E-state index is 9.91. The first-order valence-electron chi connectivity index (χ1n) is 7.24. The van der Waals surface area contributed by atoms with E-state index >= 15 is 0 Å². The zero-order valence-corrected chi connectivity index (χ0v) is 13.1. The summed E-state index contributed by atoms with van der Waals surface area (Å²) in [7, 11) is -0.509. The molecule has 0 radical (unpaired) electrons. The fourth-order valence-electron chi connectivity index (χ4n) is 2.33. The van der Waals surface area contributed by atoms with Crippen molar-refractivity contribution in [1.29, 1.82) is 0 Å². The van der Waals surface area contributed by atoms with Gasteiger partial charge in [-0.15, -0.1) is 0 Å². The lowest BCUT2D eigenvalue weighted by Gasteiger charge is -2.20. The Balaban J connectivity index is 1.85. The summed E-state index contributed by atoms with van der Waals surface area (Å²) < 4.78 is 0. The van der Waals surface area contributed by atoms with Crippen molar-refractivity contribution in [2.75, 3.05) is 11.6 Å². The van der Waals surface area contributed by atoms with Crippen LogP contribution in [0.4, 0.5) is 5.69 Å². The molecule has 0 saturated heterocycles. The van der Waals surface area contributed by atoms with E-state index in [1.807, 2.05) is 30.3 Å². The summed E-state index contributed by atoms with van der Waals surface area (Å²) in [4.78, 5) is 0. The summed E-state index contributed by atoms with van der Waals surface area (Å²) in [6.45, 7) is 0. The number of phenolic OH excluding ortho intramolecular Hbond substituents is 1. The second-order valence-corrected chi connectivity index (χ2v) is 7.16. The van der Waals surface area contributed by atoms with Crippen molar-refractivity contribution in [3.63, 3.8) is 0 Å². The second-order valence-electron chi connectivity index (χ2n) is 4.95. The standard InChI is InChI=1S/C19H18NOP/c21-19-14-8-7-13-18(19)20-15-22(16-9-3-1-4-10-16)17-11-5-2-6-12-17/h1-14,20-21H,15H2. The normalized spacial score (nSPS) is 10.6. The third-order valence-corrected chi connectivity index (χ3v) is 5.78. The molecular weight excluding hydrogens is 289 g/mol. The lowest BCUT2D eigenvalue weighted by atomic mass is 10.3. The van der Waals surface area contributed by atoms with Gasteiger partial charge in [-0.05, 0) is 30.7 Å². The van der Waals surface area contributed by atoms with Crippen LogP contribution in [0.5, 0.6) is 5.75 Å². The van der Waals surface area contributed by atoms with Crippen LogP contribution in [-0.2, 0) is 0 Å². The van der Waals surface area contributed by atoms with E-state index in [-0.39, 0.29) is 0 Å². The molecule has 3 aromatic rings. The van der Waals surface area contributed by atoms with E-state index in [0.717, 1.165) is 12.0 Å². The third kappa shape index (κ3) is 3.47. The van der Waals surface area contributed by atoms with Gasteiger partial charge in [0.05, 0.1) is 5.69 Å². The molecule has 0 unspecified atom stereocenters. The molecule has 22 heavy (non-hydrogen) atoms. The highest BCUT2D eigenvalue weighted by Crippen LogP contribution is 2.34. The van der Waals surface area contributed by atoms with E-state index in [9.17, 15) is 5.11 Å². The molecule has 110 valence electrons. The average molecular weight is 307 g/mol. The molecule has 0 fully saturated rings. The van der Waals surface area contributed by atoms with Gasteiger partial charge >= 0.3 is 0 Å². The van der Waals surface area contributed by atoms with Crippen LogP contribution in [0.3, 0.4) is 0 Å². The molecule has 3 heteroatoms.